The molecule has 0 atom stereocenters. The topological polar surface area (TPSA) is 85.8 Å². The molecule has 0 fully saturated rings. The number of nitrogen functional groups attached to an aromatic ring is 1. The number of pyridine rings is 1. The molecule has 2 aromatic heterocycles. The van der Waals surface area contributed by atoms with Crippen LogP contribution in [0, 0.1) is 0 Å². The van der Waals surface area contributed by atoms with Crippen LogP contribution in [-0.4, -0.2) is 14.5 Å². The van der Waals surface area contributed by atoms with Gasteiger partial charge in [0.25, 0.3) is 5.56 Å². The van der Waals surface area contributed by atoms with E-state index in [1.807, 2.05) is 6.07 Å². The van der Waals surface area contributed by atoms with Crippen LogP contribution in [0.2, 0.25) is 0 Å². The first-order valence-corrected chi connectivity index (χ1v) is 5.70. The van der Waals surface area contributed by atoms with E-state index in [0.29, 0.717) is 16.6 Å². The smallest absolute Gasteiger partial charge is 0.267 e. The van der Waals surface area contributed by atoms with E-state index < -0.39 is 0 Å². The third kappa shape index (κ3) is 1.84. The number of rotatable bonds is 2. The summed E-state index contributed by atoms with van der Waals surface area (Å²) in [7, 11) is 0. The Morgan fingerprint density at radius 2 is 2.00 bits per heavy atom. The Morgan fingerprint density at radius 3 is 2.74 bits per heavy atom. The summed E-state index contributed by atoms with van der Waals surface area (Å²) in [6.07, 6.45) is 3.22. The molecule has 6 heteroatoms. The molecule has 0 aliphatic carbocycles. The Hall–Kier alpha value is -2.73. The lowest BCUT2D eigenvalue weighted by Crippen LogP contribution is -2.26. The van der Waals surface area contributed by atoms with Gasteiger partial charge in [0.1, 0.15) is 0 Å². The van der Waals surface area contributed by atoms with Crippen LogP contribution in [0.15, 0.2) is 53.6 Å². The van der Waals surface area contributed by atoms with Crippen molar-refractivity contribution in [2.75, 3.05) is 5.43 Å². The molecule has 1 aromatic carbocycles. The highest BCUT2D eigenvalue weighted by molar-refractivity contribution is 5.79. The second-order valence-corrected chi connectivity index (χ2v) is 3.95. The number of anilines is 1. The third-order valence-corrected chi connectivity index (χ3v) is 2.81. The zero-order valence-electron chi connectivity index (χ0n) is 9.95. The molecule has 0 radical (unpaired) electrons. The first-order chi connectivity index (χ1) is 9.31. The molecular formula is C13H11N5O. The van der Waals surface area contributed by atoms with Gasteiger partial charge in [0.2, 0.25) is 5.95 Å². The van der Waals surface area contributed by atoms with Crippen molar-refractivity contribution < 1.29 is 0 Å². The predicted molar refractivity (Wildman–Crippen MR) is 72.9 cm³/mol. The predicted octanol–water partition coefficient (Wildman–Crippen LogP) is 1.07. The van der Waals surface area contributed by atoms with Crippen LogP contribution in [0.3, 0.4) is 0 Å². The average molecular weight is 253 g/mol. The molecule has 94 valence electrons. The van der Waals surface area contributed by atoms with E-state index in [1.165, 1.54) is 4.57 Å². The van der Waals surface area contributed by atoms with Crippen LogP contribution in [0.5, 0.6) is 0 Å². The van der Waals surface area contributed by atoms with Gasteiger partial charge in [-0.3, -0.25) is 15.2 Å². The van der Waals surface area contributed by atoms with Gasteiger partial charge < -0.3 is 0 Å². The molecule has 0 saturated heterocycles. The van der Waals surface area contributed by atoms with Crippen molar-refractivity contribution in [3.05, 3.63) is 59.1 Å². The number of nitrogens with zero attached hydrogens (tertiary/aromatic N) is 3. The minimum Gasteiger partial charge on any atom is -0.293 e. The number of benzene rings is 1. The third-order valence-electron chi connectivity index (χ3n) is 2.81. The van der Waals surface area contributed by atoms with E-state index in [9.17, 15) is 4.79 Å². The zero-order chi connectivity index (χ0) is 13.2. The SMILES string of the molecule is NNc1nc2ccccc2c(=O)n1-c1cccnc1. The van der Waals surface area contributed by atoms with Gasteiger partial charge >= 0.3 is 0 Å². The van der Waals surface area contributed by atoms with Crippen LogP contribution in [0.25, 0.3) is 16.6 Å². The Bertz CT molecular complexity index is 782. The van der Waals surface area contributed by atoms with Crippen molar-refractivity contribution in [2.45, 2.75) is 0 Å². The highest BCUT2D eigenvalue weighted by Crippen LogP contribution is 2.14. The zero-order valence-corrected chi connectivity index (χ0v) is 9.95. The quantitative estimate of drug-likeness (QED) is 0.527. The molecule has 0 aliphatic rings. The molecule has 0 bridgehead atoms. The van der Waals surface area contributed by atoms with Gasteiger partial charge in [0.15, 0.2) is 0 Å². The van der Waals surface area contributed by atoms with Gasteiger partial charge in [-0.05, 0) is 24.3 Å². The largest absolute Gasteiger partial charge is 0.293 e. The highest BCUT2D eigenvalue weighted by atomic mass is 16.1. The van der Waals surface area contributed by atoms with Crippen LogP contribution in [0.1, 0.15) is 0 Å². The molecule has 0 saturated carbocycles. The Kier molecular flexibility index (Phi) is 2.70. The summed E-state index contributed by atoms with van der Waals surface area (Å²) in [6.45, 7) is 0. The number of fused-ring (bicyclic) bond motifs is 1. The summed E-state index contributed by atoms with van der Waals surface area (Å²) in [5, 5.41) is 0.533. The van der Waals surface area contributed by atoms with Gasteiger partial charge in [-0.25, -0.2) is 15.4 Å². The lowest BCUT2D eigenvalue weighted by molar-refractivity contribution is 0.947. The molecule has 0 amide bonds. The van der Waals surface area contributed by atoms with Crippen LogP contribution in [-0.2, 0) is 0 Å². The van der Waals surface area contributed by atoms with Crippen molar-refractivity contribution >= 4 is 16.9 Å². The maximum atomic E-state index is 12.5. The molecule has 2 heterocycles. The molecule has 6 nitrogen and oxygen atoms in total. The van der Waals surface area contributed by atoms with E-state index >= 15 is 0 Å². The number of nitrogens with two attached hydrogens (primary N) is 1. The Labute approximate surface area is 108 Å². The normalized spacial score (nSPS) is 10.6. The fourth-order valence-electron chi connectivity index (χ4n) is 1.96. The molecule has 0 unspecified atom stereocenters. The molecular weight excluding hydrogens is 242 g/mol. The first kappa shape index (κ1) is 11.4. The molecule has 3 rings (SSSR count). The minimum atomic E-state index is -0.188. The number of hydrogen-bond acceptors (Lipinski definition) is 5. The maximum Gasteiger partial charge on any atom is 0.267 e. The van der Waals surface area contributed by atoms with Gasteiger partial charge in [0.05, 0.1) is 22.8 Å². The molecule has 0 spiro atoms. The van der Waals surface area contributed by atoms with Crippen LogP contribution >= 0.6 is 0 Å². The van der Waals surface area contributed by atoms with E-state index in [2.05, 4.69) is 15.4 Å². The van der Waals surface area contributed by atoms with Crippen molar-refractivity contribution in [1.29, 1.82) is 0 Å². The summed E-state index contributed by atoms with van der Waals surface area (Å²) in [6, 6.07) is 10.6. The van der Waals surface area contributed by atoms with Crippen LogP contribution in [0.4, 0.5) is 5.95 Å². The number of para-hydroxylation sites is 1. The summed E-state index contributed by atoms with van der Waals surface area (Å²) in [5.74, 6) is 5.73. The Balaban J connectivity index is 2.41. The molecule has 19 heavy (non-hydrogen) atoms. The lowest BCUT2D eigenvalue weighted by Gasteiger charge is -2.11. The fraction of sp³-hybridized carbons (Fsp3) is 0. The Morgan fingerprint density at radius 1 is 1.16 bits per heavy atom. The van der Waals surface area contributed by atoms with Crippen molar-refractivity contribution in [3.63, 3.8) is 0 Å². The highest BCUT2D eigenvalue weighted by Gasteiger charge is 2.11. The van der Waals surface area contributed by atoms with E-state index in [1.54, 1.807) is 42.7 Å². The maximum absolute atomic E-state index is 12.5. The standard InChI is InChI=1S/C13H11N5O/c14-17-13-16-11-6-2-1-5-10(11)12(19)18(13)9-4-3-7-15-8-9/h1-8H,14H2,(H,16,17). The minimum absolute atomic E-state index is 0.188. The number of nitrogens with one attached hydrogen (secondary N) is 1. The first-order valence-electron chi connectivity index (χ1n) is 5.70. The summed E-state index contributed by atoms with van der Waals surface area (Å²) in [4.78, 5) is 20.8. The van der Waals surface area contributed by atoms with E-state index in [4.69, 9.17) is 5.84 Å². The van der Waals surface area contributed by atoms with Crippen LogP contribution < -0.4 is 16.8 Å². The second kappa shape index (κ2) is 4.51. The van der Waals surface area contributed by atoms with E-state index in [-0.39, 0.29) is 11.5 Å². The average Bonchev–Trinajstić information content (AvgIpc) is 2.48. The number of hydrogen-bond donors (Lipinski definition) is 2. The van der Waals surface area contributed by atoms with Crippen molar-refractivity contribution in [1.82, 2.24) is 14.5 Å². The van der Waals surface area contributed by atoms with E-state index in [0.717, 1.165) is 0 Å². The number of hydrazine groups is 1. The summed E-state index contributed by atoms with van der Waals surface area (Å²) in [5.41, 5.74) is 3.47. The second-order valence-electron chi connectivity index (χ2n) is 3.95. The summed E-state index contributed by atoms with van der Waals surface area (Å²) < 4.78 is 1.40. The lowest BCUT2D eigenvalue weighted by atomic mass is 10.2. The molecule has 0 aliphatic heterocycles. The van der Waals surface area contributed by atoms with Gasteiger partial charge in [-0.15, -0.1) is 0 Å². The summed E-state index contributed by atoms with van der Waals surface area (Å²) >= 11 is 0. The molecule has 3 N–H and O–H groups in total. The van der Waals surface area contributed by atoms with Crippen molar-refractivity contribution in [3.8, 4) is 5.69 Å². The van der Waals surface area contributed by atoms with Gasteiger partial charge in [0, 0.05) is 6.20 Å². The van der Waals surface area contributed by atoms with Crippen molar-refractivity contribution in [2.24, 2.45) is 5.84 Å². The fourth-order valence-corrected chi connectivity index (χ4v) is 1.96. The molecule has 3 aromatic rings. The number of aromatic nitrogens is 3. The van der Waals surface area contributed by atoms with Gasteiger partial charge in [-0.2, -0.15) is 0 Å². The van der Waals surface area contributed by atoms with Gasteiger partial charge in [-0.1, -0.05) is 12.1 Å². The monoisotopic (exact) mass is 253 g/mol.